The Bertz CT molecular complexity index is 648. The molecule has 1 aromatic rings. The van der Waals surface area contributed by atoms with Crippen LogP contribution >= 0.6 is 0 Å². The van der Waals surface area contributed by atoms with Crippen LogP contribution in [0.15, 0.2) is 18.2 Å². The second-order valence-electron chi connectivity index (χ2n) is 7.25. The van der Waals surface area contributed by atoms with E-state index in [2.05, 4.69) is 15.1 Å². The van der Waals surface area contributed by atoms with Gasteiger partial charge in [-0.05, 0) is 31.0 Å². The van der Waals surface area contributed by atoms with Crippen LogP contribution < -0.4 is 10.2 Å². The molecule has 1 heterocycles. The highest BCUT2D eigenvalue weighted by atomic mass is 16.4. The molecule has 6 nitrogen and oxygen atoms in total. The molecular weight excluding hydrogens is 330 g/mol. The van der Waals surface area contributed by atoms with Gasteiger partial charge in [0.15, 0.2) is 0 Å². The Morgan fingerprint density at radius 2 is 1.81 bits per heavy atom. The molecule has 26 heavy (non-hydrogen) atoms. The molecule has 0 atom stereocenters. The first-order chi connectivity index (χ1) is 12.6. The zero-order chi connectivity index (χ0) is 18.5. The lowest BCUT2D eigenvalue weighted by molar-refractivity contribution is -0.115. The summed E-state index contributed by atoms with van der Waals surface area (Å²) in [5, 5.41) is 12.2. The molecule has 0 aromatic heterocycles. The number of aromatic carboxylic acids is 1. The summed E-state index contributed by atoms with van der Waals surface area (Å²) < 4.78 is 0. The molecule has 0 bridgehead atoms. The number of carboxylic acid groups (broad SMARTS) is 1. The average molecular weight is 359 g/mol. The molecule has 1 aromatic carbocycles. The molecule has 0 unspecified atom stereocenters. The fourth-order valence-corrected chi connectivity index (χ4v) is 4.04. The zero-order valence-corrected chi connectivity index (χ0v) is 15.5. The van der Waals surface area contributed by atoms with Crippen LogP contribution in [-0.2, 0) is 4.79 Å². The zero-order valence-electron chi connectivity index (χ0n) is 15.5. The van der Waals surface area contributed by atoms with Crippen LogP contribution in [0.1, 0.15) is 55.8 Å². The van der Waals surface area contributed by atoms with E-state index in [9.17, 15) is 14.7 Å². The van der Waals surface area contributed by atoms with Crippen LogP contribution in [0, 0.1) is 0 Å². The van der Waals surface area contributed by atoms with Crippen LogP contribution in [0.3, 0.4) is 0 Å². The summed E-state index contributed by atoms with van der Waals surface area (Å²) >= 11 is 0. The van der Waals surface area contributed by atoms with E-state index >= 15 is 0 Å². The molecule has 6 heteroatoms. The van der Waals surface area contributed by atoms with Gasteiger partial charge in [0, 0.05) is 44.3 Å². The summed E-state index contributed by atoms with van der Waals surface area (Å²) in [5.74, 6) is -1.19. The third kappa shape index (κ3) is 4.36. The fourth-order valence-electron chi connectivity index (χ4n) is 4.04. The second-order valence-corrected chi connectivity index (χ2v) is 7.25. The predicted octanol–water partition coefficient (Wildman–Crippen LogP) is 3.19. The van der Waals surface area contributed by atoms with Crippen LogP contribution in [-0.4, -0.2) is 54.1 Å². The van der Waals surface area contributed by atoms with Crippen molar-refractivity contribution < 1.29 is 14.7 Å². The summed E-state index contributed by atoms with van der Waals surface area (Å²) in [5.41, 5.74) is 1.44. The number of hydrogen-bond acceptors (Lipinski definition) is 4. The van der Waals surface area contributed by atoms with Gasteiger partial charge < -0.3 is 15.3 Å². The highest BCUT2D eigenvalue weighted by Gasteiger charge is 2.25. The number of nitrogens with zero attached hydrogens (tertiary/aromatic N) is 2. The van der Waals surface area contributed by atoms with Crippen molar-refractivity contribution >= 4 is 23.3 Å². The van der Waals surface area contributed by atoms with Gasteiger partial charge in [-0.15, -0.1) is 0 Å². The molecule has 1 amide bonds. The minimum absolute atomic E-state index is 0.152. The Kier molecular flexibility index (Phi) is 6.14. The van der Waals surface area contributed by atoms with Crippen LogP contribution in [0.4, 0.5) is 11.4 Å². The first kappa shape index (κ1) is 18.7. The lowest BCUT2D eigenvalue weighted by Gasteiger charge is -2.41. The van der Waals surface area contributed by atoms with E-state index in [4.69, 9.17) is 0 Å². The van der Waals surface area contributed by atoms with Crippen molar-refractivity contribution in [2.24, 2.45) is 0 Å². The van der Waals surface area contributed by atoms with E-state index in [0.29, 0.717) is 12.1 Å². The van der Waals surface area contributed by atoms with Gasteiger partial charge in [0.2, 0.25) is 5.91 Å². The van der Waals surface area contributed by atoms with Gasteiger partial charge in [-0.2, -0.15) is 0 Å². The third-order valence-corrected chi connectivity index (χ3v) is 5.60. The van der Waals surface area contributed by atoms with Crippen LogP contribution in [0.5, 0.6) is 0 Å². The van der Waals surface area contributed by atoms with Crippen LogP contribution in [0.25, 0.3) is 0 Å². The summed E-state index contributed by atoms with van der Waals surface area (Å²) in [6, 6.07) is 6.03. The molecule has 2 fully saturated rings. The maximum atomic E-state index is 11.6. The number of anilines is 2. The molecule has 2 aliphatic rings. The number of rotatable bonds is 5. The van der Waals surface area contributed by atoms with Crippen molar-refractivity contribution in [1.82, 2.24) is 4.90 Å². The molecule has 1 aliphatic heterocycles. The van der Waals surface area contributed by atoms with Gasteiger partial charge in [0.25, 0.3) is 0 Å². The Hall–Kier alpha value is -2.08. The van der Waals surface area contributed by atoms with Gasteiger partial charge in [-0.25, -0.2) is 4.79 Å². The topological polar surface area (TPSA) is 72.9 Å². The minimum Gasteiger partial charge on any atom is -0.478 e. The Labute approximate surface area is 155 Å². The molecule has 1 saturated carbocycles. The molecule has 1 saturated heterocycles. The Balaban J connectivity index is 1.67. The number of piperazine rings is 1. The summed E-state index contributed by atoms with van der Waals surface area (Å²) in [6.45, 7) is 5.63. The van der Waals surface area contributed by atoms with Crippen molar-refractivity contribution in [2.75, 3.05) is 36.4 Å². The first-order valence-electron chi connectivity index (χ1n) is 9.74. The van der Waals surface area contributed by atoms with E-state index in [-0.39, 0.29) is 11.5 Å². The number of carbonyl (C=O) groups is 2. The maximum absolute atomic E-state index is 11.6. The Morgan fingerprint density at radius 3 is 2.42 bits per heavy atom. The number of benzene rings is 1. The van der Waals surface area contributed by atoms with Crippen molar-refractivity contribution in [3.8, 4) is 0 Å². The maximum Gasteiger partial charge on any atom is 0.337 e. The number of nitrogens with one attached hydrogen (secondary N) is 1. The van der Waals surface area contributed by atoms with Gasteiger partial charge in [0.05, 0.1) is 11.3 Å². The smallest absolute Gasteiger partial charge is 0.337 e. The van der Waals surface area contributed by atoms with Gasteiger partial charge in [0.1, 0.15) is 0 Å². The normalized spacial score (nSPS) is 19.3. The van der Waals surface area contributed by atoms with E-state index < -0.39 is 5.97 Å². The minimum atomic E-state index is -1.01. The first-order valence-corrected chi connectivity index (χ1v) is 9.74. The highest BCUT2D eigenvalue weighted by Crippen LogP contribution is 2.27. The van der Waals surface area contributed by atoms with Gasteiger partial charge in [-0.3, -0.25) is 9.69 Å². The Morgan fingerprint density at radius 1 is 1.12 bits per heavy atom. The lowest BCUT2D eigenvalue weighted by atomic mass is 9.94. The molecular formula is C20H29N3O3. The molecule has 0 radical (unpaired) electrons. The van der Waals surface area contributed by atoms with E-state index in [1.165, 1.54) is 32.1 Å². The lowest BCUT2D eigenvalue weighted by Crippen LogP contribution is -2.50. The molecule has 142 valence electrons. The molecule has 2 N–H and O–H groups in total. The summed E-state index contributed by atoms with van der Waals surface area (Å²) in [6.07, 6.45) is 7.01. The van der Waals surface area contributed by atoms with Crippen molar-refractivity contribution in [2.45, 2.75) is 51.5 Å². The number of carbonyl (C=O) groups excluding carboxylic acids is 1. The summed E-state index contributed by atoms with van der Waals surface area (Å²) in [7, 11) is 0. The standard InChI is InChI=1S/C20H29N3O3/c1-2-19(24)21-18-9-8-16(14-17(18)20(25)26)23-12-10-22(11-13-23)15-6-4-3-5-7-15/h8-9,14-15H,2-7,10-13H2,1H3,(H,21,24)(H,25,26). The molecule has 1 aliphatic carbocycles. The number of carboxylic acids is 1. The average Bonchev–Trinajstić information content (AvgIpc) is 2.69. The van der Waals surface area contributed by atoms with Crippen molar-refractivity contribution in [1.29, 1.82) is 0 Å². The van der Waals surface area contributed by atoms with Crippen molar-refractivity contribution in [3.05, 3.63) is 23.8 Å². The SMILES string of the molecule is CCC(=O)Nc1ccc(N2CCN(C3CCCCC3)CC2)cc1C(=O)O. The second kappa shape index (κ2) is 8.54. The number of hydrogen-bond donors (Lipinski definition) is 2. The van der Waals surface area contributed by atoms with E-state index in [1.54, 1.807) is 19.1 Å². The predicted molar refractivity (Wildman–Crippen MR) is 103 cm³/mol. The van der Waals surface area contributed by atoms with Crippen LogP contribution in [0.2, 0.25) is 0 Å². The van der Waals surface area contributed by atoms with E-state index in [1.807, 2.05) is 6.07 Å². The third-order valence-electron chi connectivity index (χ3n) is 5.60. The quantitative estimate of drug-likeness (QED) is 0.845. The molecule has 0 spiro atoms. The number of amides is 1. The van der Waals surface area contributed by atoms with Crippen molar-refractivity contribution in [3.63, 3.8) is 0 Å². The van der Waals surface area contributed by atoms with Gasteiger partial charge >= 0.3 is 5.97 Å². The summed E-state index contributed by atoms with van der Waals surface area (Å²) in [4.78, 5) is 28.1. The van der Waals surface area contributed by atoms with E-state index in [0.717, 1.165) is 37.9 Å². The highest BCUT2D eigenvalue weighted by molar-refractivity contribution is 6.01. The monoisotopic (exact) mass is 359 g/mol. The fraction of sp³-hybridized carbons (Fsp3) is 0.600. The largest absolute Gasteiger partial charge is 0.478 e. The molecule has 3 rings (SSSR count). The van der Waals surface area contributed by atoms with Gasteiger partial charge in [-0.1, -0.05) is 26.2 Å².